The third kappa shape index (κ3) is 3.73. The molecule has 0 saturated carbocycles. The Morgan fingerprint density at radius 1 is 1.28 bits per heavy atom. The van der Waals surface area contributed by atoms with Crippen LogP contribution in [0.15, 0.2) is 36.0 Å². The highest BCUT2D eigenvalue weighted by molar-refractivity contribution is 5.81. The van der Waals surface area contributed by atoms with E-state index >= 15 is 4.39 Å². The smallest absolute Gasteiger partial charge is 0.230 e. The maximum absolute atomic E-state index is 15.1. The lowest BCUT2D eigenvalue weighted by Gasteiger charge is -2.38. The molecule has 1 amide bonds. The second-order valence-corrected chi connectivity index (χ2v) is 8.11. The number of nitrogens with zero attached hydrogens (tertiary/aromatic N) is 3. The molecule has 1 aliphatic heterocycles. The molecule has 0 N–H and O–H groups in total. The normalized spacial score (nSPS) is 23.2. The van der Waals surface area contributed by atoms with Gasteiger partial charge < -0.3 is 9.47 Å². The molecule has 2 aliphatic rings. The molecule has 0 saturated heterocycles. The largest absolute Gasteiger partial charge is 0.343 e. The van der Waals surface area contributed by atoms with Gasteiger partial charge in [-0.05, 0) is 56.9 Å². The van der Waals surface area contributed by atoms with Gasteiger partial charge in [0.15, 0.2) is 5.95 Å². The molecule has 5 heteroatoms. The van der Waals surface area contributed by atoms with Gasteiger partial charge in [-0.15, -0.1) is 0 Å². The number of amides is 1. The highest BCUT2D eigenvalue weighted by Gasteiger charge is 2.37. The number of fused-ring (bicyclic) bond motifs is 2. The highest BCUT2D eigenvalue weighted by atomic mass is 19.1. The van der Waals surface area contributed by atoms with Crippen LogP contribution in [0.5, 0.6) is 0 Å². The lowest BCUT2D eigenvalue weighted by Crippen LogP contribution is -2.47. The van der Waals surface area contributed by atoms with Crippen LogP contribution < -0.4 is 0 Å². The van der Waals surface area contributed by atoms with Crippen LogP contribution in [0.4, 0.5) is 4.39 Å². The van der Waals surface area contributed by atoms with E-state index in [1.54, 1.807) is 10.6 Å². The van der Waals surface area contributed by atoms with Crippen LogP contribution in [-0.4, -0.2) is 53.0 Å². The van der Waals surface area contributed by atoms with Gasteiger partial charge >= 0.3 is 0 Å². The van der Waals surface area contributed by atoms with Crippen molar-refractivity contribution >= 4 is 5.91 Å². The molecule has 1 aromatic rings. The first kappa shape index (κ1) is 21.6. The average Bonchev–Trinajstić information content (AvgIpc) is 2.83. The van der Waals surface area contributed by atoms with E-state index in [0.29, 0.717) is 32.5 Å². The molecule has 2 heterocycles. The van der Waals surface area contributed by atoms with Crippen molar-refractivity contribution in [2.24, 2.45) is 13.0 Å². The van der Waals surface area contributed by atoms with Crippen molar-refractivity contribution in [2.45, 2.75) is 46.1 Å². The fourth-order valence-electron chi connectivity index (χ4n) is 5.03. The van der Waals surface area contributed by atoms with Gasteiger partial charge in [-0.3, -0.25) is 9.69 Å². The van der Waals surface area contributed by atoms with Gasteiger partial charge in [0.25, 0.3) is 0 Å². The van der Waals surface area contributed by atoms with E-state index < -0.39 is 0 Å². The highest BCUT2D eigenvalue weighted by Crippen LogP contribution is 2.38. The van der Waals surface area contributed by atoms with E-state index in [0.717, 1.165) is 34.4 Å². The van der Waals surface area contributed by atoms with Gasteiger partial charge in [0, 0.05) is 44.0 Å². The van der Waals surface area contributed by atoms with E-state index in [4.69, 9.17) is 0 Å². The molecule has 0 aromatic carbocycles. The first-order valence-corrected chi connectivity index (χ1v) is 10.7. The van der Waals surface area contributed by atoms with Crippen molar-refractivity contribution in [1.82, 2.24) is 14.4 Å². The number of halogens is 1. The summed E-state index contributed by atoms with van der Waals surface area (Å²) in [5.74, 6) is -0.113. The van der Waals surface area contributed by atoms with E-state index in [2.05, 4.69) is 31.5 Å². The van der Waals surface area contributed by atoms with Crippen LogP contribution in [0, 0.1) is 11.9 Å². The Kier molecular flexibility index (Phi) is 6.47. The summed E-state index contributed by atoms with van der Waals surface area (Å²) in [5.41, 5.74) is 5.30. The molecule has 158 valence electrons. The van der Waals surface area contributed by atoms with Crippen molar-refractivity contribution in [3.8, 4) is 0 Å². The Bertz CT molecular complexity index is 860. The Morgan fingerprint density at radius 3 is 2.55 bits per heavy atom. The summed E-state index contributed by atoms with van der Waals surface area (Å²) in [6.07, 6.45) is 8.11. The van der Waals surface area contributed by atoms with Gasteiger partial charge in [-0.2, -0.15) is 4.39 Å². The van der Waals surface area contributed by atoms with Crippen LogP contribution in [-0.2, 0) is 31.1 Å². The molecular weight excluding hydrogens is 365 g/mol. The summed E-state index contributed by atoms with van der Waals surface area (Å²) in [4.78, 5) is 17.2. The standard InChI is InChI=1S/C24H34FN3O/c1-7-11-16-12-19-20(23(25)27(6)21(19)8-2)14-22-18(16)13-17(15-26(22)5)24(29)28(9-3)10-4/h7,11,13,17,22H,1,8-10,12,14-15H2,2-6H3/b16-11+/t17-,22-/m1/s1. The molecule has 0 unspecified atom stereocenters. The van der Waals surface area contributed by atoms with Crippen LogP contribution in [0.1, 0.15) is 37.6 Å². The number of hydrogen-bond acceptors (Lipinski definition) is 2. The predicted molar refractivity (Wildman–Crippen MR) is 116 cm³/mol. The first-order chi connectivity index (χ1) is 13.9. The lowest BCUT2D eigenvalue weighted by atomic mass is 9.86. The molecule has 2 atom stereocenters. The van der Waals surface area contributed by atoms with Gasteiger partial charge in [-0.25, -0.2) is 0 Å². The van der Waals surface area contributed by atoms with Crippen LogP contribution in [0.2, 0.25) is 0 Å². The maximum atomic E-state index is 15.1. The second kappa shape index (κ2) is 8.70. The average molecular weight is 400 g/mol. The summed E-state index contributed by atoms with van der Waals surface area (Å²) in [7, 11) is 3.87. The predicted octanol–water partition coefficient (Wildman–Crippen LogP) is 3.66. The van der Waals surface area contributed by atoms with Crippen LogP contribution in [0.25, 0.3) is 0 Å². The number of carbonyl (C=O) groups is 1. The van der Waals surface area contributed by atoms with Crippen LogP contribution >= 0.6 is 0 Å². The quantitative estimate of drug-likeness (QED) is 0.756. The summed E-state index contributed by atoms with van der Waals surface area (Å²) in [5, 5.41) is 0. The number of likely N-dealkylation sites (N-methyl/N-ethyl adjacent to an activating group) is 1. The molecule has 29 heavy (non-hydrogen) atoms. The summed E-state index contributed by atoms with van der Waals surface area (Å²) in [6, 6.07) is 0.0739. The minimum Gasteiger partial charge on any atom is -0.343 e. The summed E-state index contributed by atoms with van der Waals surface area (Å²) in [6.45, 7) is 12.1. The van der Waals surface area contributed by atoms with Gasteiger partial charge in [0.05, 0.1) is 5.92 Å². The Labute approximate surface area is 174 Å². The van der Waals surface area contributed by atoms with Gasteiger partial charge in [0.1, 0.15) is 0 Å². The molecule has 4 nitrogen and oxygen atoms in total. The zero-order valence-electron chi connectivity index (χ0n) is 18.5. The molecule has 1 aromatic heterocycles. The minimum absolute atomic E-state index is 0.0739. The third-order valence-corrected chi connectivity index (χ3v) is 6.60. The zero-order chi connectivity index (χ0) is 21.3. The minimum atomic E-state index is -0.168. The van der Waals surface area contributed by atoms with Crippen molar-refractivity contribution in [2.75, 3.05) is 26.7 Å². The lowest BCUT2D eigenvalue weighted by molar-refractivity contribution is -0.134. The molecule has 0 radical (unpaired) electrons. The zero-order valence-corrected chi connectivity index (χ0v) is 18.5. The number of carbonyl (C=O) groups excluding carboxylic acids is 1. The van der Waals surface area contributed by atoms with Crippen LogP contribution in [0.3, 0.4) is 0 Å². The number of hydrogen-bond donors (Lipinski definition) is 0. The Hall–Kier alpha value is -2.14. The molecule has 0 fully saturated rings. The van der Waals surface area contributed by atoms with Crippen molar-refractivity contribution in [1.29, 1.82) is 0 Å². The molecule has 0 bridgehead atoms. The van der Waals surface area contributed by atoms with Crippen molar-refractivity contribution < 1.29 is 9.18 Å². The SMILES string of the molecule is C=C/C=C1\Cc2c(c(F)n(C)c2CC)C[C@@H]2C1=C[C@@H](C(=O)N(CC)CC)CN2C. The molecular formula is C24H34FN3O. The monoisotopic (exact) mass is 399 g/mol. The van der Waals surface area contributed by atoms with E-state index in [1.165, 1.54) is 0 Å². The molecule has 0 spiro atoms. The molecule has 1 aliphatic carbocycles. The second-order valence-electron chi connectivity index (χ2n) is 8.11. The third-order valence-electron chi connectivity index (χ3n) is 6.60. The number of allylic oxidation sites excluding steroid dienone is 2. The van der Waals surface area contributed by atoms with Gasteiger partial charge in [-0.1, -0.05) is 31.7 Å². The summed E-state index contributed by atoms with van der Waals surface area (Å²) >= 11 is 0. The number of rotatable bonds is 5. The fraction of sp³-hybridized carbons (Fsp3) is 0.542. The van der Waals surface area contributed by atoms with Crippen molar-refractivity contribution in [3.63, 3.8) is 0 Å². The van der Waals surface area contributed by atoms with Crippen molar-refractivity contribution in [3.05, 3.63) is 58.7 Å². The van der Waals surface area contributed by atoms with E-state index in [9.17, 15) is 4.79 Å². The first-order valence-electron chi connectivity index (χ1n) is 10.7. The topological polar surface area (TPSA) is 28.5 Å². The van der Waals surface area contributed by atoms with E-state index in [-0.39, 0.29) is 23.8 Å². The number of aromatic nitrogens is 1. The molecule has 3 rings (SSSR count). The van der Waals surface area contributed by atoms with E-state index in [1.807, 2.05) is 31.9 Å². The fourth-order valence-corrected chi connectivity index (χ4v) is 5.03. The Balaban J connectivity index is 2.10. The maximum Gasteiger partial charge on any atom is 0.230 e. The Morgan fingerprint density at radius 2 is 1.97 bits per heavy atom. The summed E-state index contributed by atoms with van der Waals surface area (Å²) < 4.78 is 16.8. The van der Waals surface area contributed by atoms with Gasteiger partial charge in [0.2, 0.25) is 5.91 Å².